The minimum atomic E-state index is 0.114. The second-order valence-electron chi connectivity index (χ2n) is 4.72. The molecule has 0 aromatic heterocycles. The summed E-state index contributed by atoms with van der Waals surface area (Å²) < 4.78 is 11.1. The van der Waals surface area contributed by atoms with Crippen LogP contribution in [0.1, 0.15) is 23.2 Å². The lowest BCUT2D eigenvalue weighted by Crippen LogP contribution is -2.32. The second kappa shape index (κ2) is 4.98. The molecule has 0 bridgehead atoms. The molecule has 2 heterocycles. The normalized spacial score (nSPS) is 19.6. The molecule has 96 valence electrons. The largest absolute Gasteiger partial charge is 0.486 e. The molecule has 1 aromatic rings. The van der Waals surface area contributed by atoms with Gasteiger partial charge >= 0.3 is 0 Å². The van der Waals surface area contributed by atoms with E-state index in [1.165, 1.54) is 0 Å². The third-order valence-corrected chi connectivity index (χ3v) is 3.54. The lowest BCUT2D eigenvalue weighted by atomic mass is 9.89. The van der Waals surface area contributed by atoms with Crippen LogP contribution in [0, 0.1) is 5.92 Å². The first-order valence-electron chi connectivity index (χ1n) is 6.50. The number of Topliss-reactive ketones (excluding diaryl/α,β-unsaturated/α-hetero) is 1. The molecule has 0 amide bonds. The number of hydrogen-bond donors (Lipinski definition) is 1. The summed E-state index contributed by atoms with van der Waals surface area (Å²) in [6.45, 7) is 2.91. The third kappa shape index (κ3) is 2.08. The standard InChI is InChI=1S/C14H17NO3/c16-13(10-4-6-15-7-5-10)11-2-1-3-12-14(11)18-9-8-17-12/h1-3,10,15H,4-9H2. The number of ketones is 1. The van der Waals surface area contributed by atoms with Crippen molar-refractivity contribution in [1.82, 2.24) is 5.32 Å². The molecule has 0 aliphatic carbocycles. The average molecular weight is 247 g/mol. The number of benzene rings is 1. The quantitative estimate of drug-likeness (QED) is 0.807. The van der Waals surface area contributed by atoms with Crippen LogP contribution in [0.4, 0.5) is 0 Å². The molecule has 1 fully saturated rings. The van der Waals surface area contributed by atoms with Gasteiger partial charge in [-0.2, -0.15) is 0 Å². The summed E-state index contributed by atoms with van der Waals surface area (Å²) in [5.74, 6) is 1.63. The van der Waals surface area contributed by atoms with Crippen LogP contribution < -0.4 is 14.8 Å². The van der Waals surface area contributed by atoms with Crippen molar-refractivity contribution >= 4 is 5.78 Å². The number of nitrogens with one attached hydrogen (secondary N) is 1. The van der Waals surface area contributed by atoms with Gasteiger partial charge < -0.3 is 14.8 Å². The van der Waals surface area contributed by atoms with E-state index >= 15 is 0 Å². The topological polar surface area (TPSA) is 47.6 Å². The SMILES string of the molecule is O=C(c1cccc2c1OCCO2)C1CCNCC1. The van der Waals surface area contributed by atoms with Gasteiger partial charge in [0.25, 0.3) is 0 Å². The monoisotopic (exact) mass is 247 g/mol. The fraction of sp³-hybridized carbons (Fsp3) is 0.500. The average Bonchev–Trinajstić information content (AvgIpc) is 2.47. The van der Waals surface area contributed by atoms with Crippen LogP contribution in [0.5, 0.6) is 11.5 Å². The fourth-order valence-electron chi connectivity index (χ4n) is 2.57. The van der Waals surface area contributed by atoms with E-state index in [1.54, 1.807) is 0 Å². The number of fused-ring (bicyclic) bond motifs is 1. The van der Waals surface area contributed by atoms with Gasteiger partial charge in [-0.1, -0.05) is 6.07 Å². The molecule has 4 heteroatoms. The Labute approximate surface area is 106 Å². The Morgan fingerprint density at radius 1 is 1.17 bits per heavy atom. The van der Waals surface area contributed by atoms with Crippen molar-refractivity contribution in [3.8, 4) is 11.5 Å². The van der Waals surface area contributed by atoms with E-state index in [1.807, 2.05) is 18.2 Å². The molecule has 1 aromatic carbocycles. The number of carbonyl (C=O) groups excluding carboxylic acids is 1. The van der Waals surface area contributed by atoms with Crippen molar-refractivity contribution in [2.24, 2.45) is 5.92 Å². The van der Waals surface area contributed by atoms with Crippen LogP contribution in [0.3, 0.4) is 0 Å². The Morgan fingerprint density at radius 2 is 1.94 bits per heavy atom. The van der Waals surface area contributed by atoms with Gasteiger partial charge in [-0.3, -0.25) is 4.79 Å². The summed E-state index contributed by atoms with van der Waals surface area (Å²) in [4.78, 5) is 12.5. The van der Waals surface area contributed by atoms with Crippen molar-refractivity contribution in [2.75, 3.05) is 26.3 Å². The van der Waals surface area contributed by atoms with Crippen LogP contribution in [0.2, 0.25) is 0 Å². The van der Waals surface area contributed by atoms with Gasteiger partial charge in [0, 0.05) is 5.92 Å². The first-order chi connectivity index (χ1) is 8.86. The van der Waals surface area contributed by atoms with E-state index in [9.17, 15) is 4.79 Å². The molecule has 1 saturated heterocycles. The highest BCUT2D eigenvalue weighted by molar-refractivity contribution is 6.01. The van der Waals surface area contributed by atoms with Gasteiger partial charge in [0.05, 0.1) is 5.56 Å². The van der Waals surface area contributed by atoms with Crippen LogP contribution in [-0.4, -0.2) is 32.1 Å². The molecule has 2 aliphatic heterocycles. The summed E-state index contributed by atoms with van der Waals surface area (Å²) >= 11 is 0. The molecule has 1 N–H and O–H groups in total. The maximum Gasteiger partial charge on any atom is 0.172 e. The van der Waals surface area contributed by atoms with Gasteiger partial charge in [-0.05, 0) is 38.1 Å². The zero-order chi connectivity index (χ0) is 12.4. The lowest BCUT2D eigenvalue weighted by molar-refractivity contribution is 0.0884. The first kappa shape index (κ1) is 11.5. The summed E-state index contributed by atoms with van der Waals surface area (Å²) in [5, 5.41) is 3.28. The van der Waals surface area contributed by atoms with Crippen LogP contribution >= 0.6 is 0 Å². The minimum absolute atomic E-state index is 0.114. The smallest absolute Gasteiger partial charge is 0.172 e. The van der Waals surface area contributed by atoms with E-state index in [-0.39, 0.29) is 11.7 Å². The highest BCUT2D eigenvalue weighted by Crippen LogP contribution is 2.35. The van der Waals surface area contributed by atoms with Gasteiger partial charge in [-0.25, -0.2) is 0 Å². The number of hydrogen-bond acceptors (Lipinski definition) is 4. The predicted molar refractivity (Wildman–Crippen MR) is 67.4 cm³/mol. The summed E-state index contributed by atoms with van der Waals surface area (Å²) in [6.07, 6.45) is 1.81. The van der Waals surface area contributed by atoms with Crippen molar-refractivity contribution in [3.63, 3.8) is 0 Å². The molecule has 3 rings (SSSR count). The Bertz CT molecular complexity index is 452. The Kier molecular flexibility index (Phi) is 3.19. The van der Waals surface area contributed by atoms with E-state index < -0.39 is 0 Å². The molecule has 0 spiro atoms. The lowest BCUT2D eigenvalue weighted by Gasteiger charge is -2.24. The number of piperidine rings is 1. The van der Waals surface area contributed by atoms with Crippen LogP contribution in [0.25, 0.3) is 0 Å². The summed E-state index contributed by atoms with van der Waals surface area (Å²) in [6, 6.07) is 5.56. The number of ether oxygens (including phenoxy) is 2. The maximum absolute atomic E-state index is 12.5. The van der Waals surface area contributed by atoms with E-state index in [0.29, 0.717) is 30.3 Å². The van der Waals surface area contributed by atoms with Crippen molar-refractivity contribution in [1.29, 1.82) is 0 Å². The second-order valence-corrected chi connectivity index (χ2v) is 4.72. The van der Waals surface area contributed by atoms with Gasteiger partial charge in [-0.15, -0.1) is 0 Å². The molecule has 18 heavy (non-hydrogen) atoms. The highest BCUT2D eigenvalue weighted by atomic mass is 16.6. The highest BCUT2D eigenvalue weighted by Gasteiger charge is 2.27. The number of para-hydroxylation sites is 1. The summed E-state index contributed by atoms with van der Waals surface area (Å²) in [5.41, 5.74) is 0.680. The van der Waals surface area contributed by atoms with Gasteiger partial charge in [0.15, 0.2) is 17.3 Å². The number of rotatable bonds is 2. The van der Waals surface area contributed by atoms with E-state index in [4.69, 9.17) is 9.47 Å². The zero-order valence-electron chi connectivity index (χ0n) is 10.3. The molecule has 4 nitrogen and oxygen atoms in total. The third-order valence-electron chi connectivity index (χ3n) is 3.54. The molecule has 0 radical (unpaired) electrons. The van der Waals surface area contributed by atoms with E-state index in [0.717, 1.165) is 25.9 Å². The molecular formula is C14H17NO3. The predicted octanol–water partition coefficient (Wildman–Crippen LogP) is 1.64. The molecular weight excluding hydrogens is 230 g/mol. The molecule has 0 unspecified atom stereocenters. The van der Waals surface area contributed by atoms with Crippen molar-refractivity contribution in [2.45, 2.75) is 12.8 Å². The van der Waals surface area contributed by atoms with Crippen LogP contribution in [0.15, 0.2) is 18.2 Å². The minimum Gasteiger partial charge on any atom is -0.486 e. The maximum atomic E-state index is 12.5. The summed E-state index contributed by atoms with van der Waals surface area (Å²) in [7, 11) is 0. The Hall–Kier alpha value is -1.55. The van der Waals surface area contributed by atoms with Gasteiger partial charge in [0.1, 0.15) is 13.2 Å². The fourth-order valence-corrected chi connectivity index (χ4v) is 2.57. The number of carbonyl (C=O) groups is 1. The van der Waals surface area contributed by atoms with Crippen molar-refractivity contribution < 1.29 is 14.3 Å². The molecule has 0 saturated carbocycles. The van der Waals surface area contributed by atoms with Gasteiger partial charge in [0.2, 0.25) is 0 Å². The molecule has 2 aliphatic rings. The molecule has 0 atom stereocenters. The van der Waals surface area contributed by atoms with E-state index in [2.05, 4.69) is 5.32 Å². The first-order valence-corrected chi connectivity index (χ1v) is 6.50. The van der Waals surface area contributed by atoms with Crippen molar-refractivity contribution in [3.05, 3.63) is 23.8 Å². The van der Waals surface area contributed by atoms with Crippen LogP contribution in [-0.2, 0) is 0 Å². The Balaban J connectivity index is 1.89. The Morgan fingerprint density at radius 3 is 2.78 bits per heavy atom. The zero-order valence-corrected chi connectivity index (χ0v) is 10.3.